The van der Waals surface area contributed by atoms with E-state index in [1.54, 1.807) is 42.1 Å². The predicted octanol–water partition coefficient (Wildman–Crippen LogP) is 4.55. The van der Waals surface area contributed by atoms with Crippen LogP contribution in [0.4, 0.5) is 5.69 Å². The molecule has 0 radical (unpaired) electrons. The van der Waals surface area contributed by atoms with Crippen molar-refractivity contribution in [3.63, 3.8) is 0 Å². The van der Waals surface area contributed by atoms with Gasteiger partial charge >= 0.3 is 0 Å². The number of thioether (sulfide) groups is 1. The Balaban J connectivity index is 1.85. The standard InChI is InChI=1S/C23H24N2O3S2/c1-18-11-13-22(14-12-18)30(27,28)25(16-19-7-4-3-5-8-19)17-23(26)24-20-9-6-10-21(15-20)29-2/h3-15H,16-17H2,1-2H3,(H,24,26). The van der Waals surface area contributed by atoms with E-state index in [9.17, 15) is 13.2 Å². The second-order valence-corrected chi connectivity index (χ2v) is 9.67. The van der Waals surface area contributed by atoms with Crippen LogP contribution in [0.5, 0.6) is 0 Å². The highest BCUT2D eigenvalue weighted by Gasteiger charge is 2.27. The molecule has 0 spiro atoms. The van der Waals surface area contributed by atoms with Crippen molar-refractivity contribution in [2.45, 2.75) is 23.3 Å². The lowest BCUT2D eigenvalue weighted by Gasteiger charge is -2.22. The highest BCUT2D eigenvalue weighted by atomic mass is 32.2. The quantitative estimate of drug-likeness (QED) is 0.522. The Labute approximate surface area is 182 Å². The van der Waals surface area contributed by atoms with Crippen molar-refractivity contribution >= 4 is 33.4 Å². The van der Waals surface area contributed by atoms with Crippen LogP contribution in [0, 0.1) is 6.92 Å². The highest BCUT2D eigenvalue weighted by Crippen LogP contribution is 2.21. The minimum absolute atomic E-state index is 0.106. The summed E-state index contributed by atoms with van der Waals surface area (Å²) >= 11 is 1.57. The molecule has 0 saturated carbocycles. The van der Waals surface area contributed by atoms with Gasteiger partial charge < -0.3 is 5.32 Å². The summed E-state index contributed by atoms with van der Waals surface area (Å²) < 4.78 is 27.8. The molecule has 1 amide bonds. The SMILES string of the molecule is CSc1cccc(NC(=O)CN(Cc2ccccc2)S(=O)(=O)c2ccc(C)cc2)c1. The fourth-order valence-electron chi connectivity index (χ4n) is 2.93. The number of hydrogen-bond acceptors (Lipinski definition) is 4. The maximum absolute atomic E-state index is 13.3. The molecule has 0 fully saturated rings. The van der Waals surface area contributed by atoms with Crippen LogP contribution in [0.2, 0.25) is 0 Å². The Morgan fingerprint density at radius 1 is 0.967 bits per heavy atom. The van der Waals surface area contributed by atoms with E-state index in [2.05, 4.69) is 5.32 Å². The molecule has 7 heteroatoms. The first-order valence-corrected chi connectivity index (χ1v) is 12.1. The molecular formula is C23H24N2O3S2. The van der Waals surface area contributed by atoms with Gasteiger partial charge in [-0.2, -0.15) is 4.31 Å². The lowest BCUT2D eigenvalue weighted by Crippen LogP contribution is -2.37. The van der Waals surface area contributed by atoms with E-state index in [1.807, 2.05) is 61.7 Å². The normalized spacial score (nSPS) is 11.4. The van der Waals surface area contributed by atoms with Gasteiger partial charge in [0.05, 0.1) is 11.4 Å². The van der Waals surface area contributed by atoms with Gasteiger partial charge in [-0.3, -0.25) is 4.79 Å². The van der Waals surface area contributed by atoms with E-state index < -0.39 is 10.0 Å². The Morgan fingerprint density at radius 2 is 1.67 bits per heavy atom. The number of rotatable bonds is 8. The highest BCUT2D eigenvalue weighted by molar-refractivity contribution is 7.98. The van der Waals surface area contributed by atoms with E-state index in [0.717, 1.165) is 16.0 Å². The zero-order valence-corrected chi connectivity index (χ0v) is 18.5. The fraction of sp³-hybridized carbons (Fsp3) is 0.174. The van der Waals surface area contributed by atoms with Crippen molar-refractivity contribution in [2.75, 3.05) is 18.1 Å². The van der Waals surface area contributed by atoms with Crippen LogP contribution in [0.3, 0.4) is 0 Å². The van der Waals surface area contributed by atoms with E-state index in [0.29, 0.717) is 5.69 Å². The molecule has 0 bridgehead atoms. The van der Waals surface area contributed by atoms with Crippen molar-refractivity contribution in [2.24, 2.45) is 0 Å². The molecule has 156 valence electrons. The molecule has 30 heavy (non-hydrogen) atoms. The number of nitrogens with zero attached hydrogens (tertiary/aromatic N) is 1. The van der Waals surface area contributed by atoms with E-state index in [-0.39, 0.29) is 23.9 Å². The van der Waals surface area contributed by atoms with Gasteiger partial charge in [-0.1, -0.05) is 54.1 Å². The summed E-state index contributed by atoms with van der Waals surface area (Å²) in [5, 5.41) is 2.81. The number of hydrogen-bond donors (Lipinski definition) is 1. The molecule has 3 aromatic rings. The lowest BCUT2D eigenvalue weighted by atomic mass is 10.2. The van der Waals surface area contributed by atoms with Crippen molar-refractivity contribution in [3.05, 3.63) is 90.0 Å². The third kappa shape index (κ3) is 5.72. The first-order chi connectivity index (χ1) is 14.4. The van der Waals surface area contributed by atoms with Crippen LogP contribution in [0.15, 0.2) is 88.7 Å². The number of anilines is 1. The maximum Gasteiger partial charge on any atom is 0.243 e. The van der Waals surface area contributed by atoms with Gasteiger partial charge in [-0.05, 0) is 49.1 Å². The molecule has 3 rings (SSSR count). The summed E-state index contributed by atoms with van der Waals surface area (Å²) in [7, 11) is -3.85. The molecule has 0 aliphatic heterocycles. The lowest BCUT2D eigenvalue weighted by molar-refractivity contribution is -0.116. The molecule has 0 atom stereocenters. The third-order valence-electron chi connectivity index (χ3n) is 4.53. The van der Waals surface area contributed by atoms with E-state index >= 15 is 0 Å². The Morgan fingerprint density at radius 3 is 2.33 bits per heavy atom. The Hall–Kier alpha value is -2.61. The predicted molar refractivity (Wildman–Crippen MR) is 122 cm³/mol. The zero-order chi connectivity index (χ0) is 21.6. The summed E-state index contributed by atoms with van der Waals surface area (Å²) in [6.07, 6.45) is 1.96. The minimum Gasteiger partial charge on any atom is -0.325 e. The molecule has 0 heterocycles. The molecule has 0 aliphatic carbocycles. The van der Waals surface area contributed by atoms with Gasteiger partial charge in [0, 0.05) is 17.1 Å². The van der Waals surface area contributed by atoms with Crippen LogP contribution in [0.25, 0.3) is 0 Å². The first kappa shape index (κ1) is 22.1. The summed E-state index contributed by atoms with van der Waals surface area (Å²) in [5.41, 5.74) is 2.42. The molecule has 1 N–H and O–H groups in total. The number of sulfonamides is 1. The molecule has 3 aromatic carbocycles. The Bertz CT molecular complexity index is 1100. The van der Waals surface area contributed by atoms with Crippen LogP contribution >= 0.6 is 11.8 Å². The average molecular weight is 441 g/mol. The molecule has 0 saturated heterocycles. The van der Waals surface area contributed by atoms with Gasteiger partial charge in [0.15, 0.2) is 0 Å². The number of carbonyl (C=O) groups excluding carboxylic acids is 1. The minimum atomic E-state index is -3.85. The van der Waals surface area contributed by atoms with E-state index in [1.165, 1.54) is 4.31 Å². The summed E-state index contributed by atoms with van der Waals surface area (Å²) in [4.78, 5) is 13.9. The van der Waals surface area contributed by atoms with Gasteiger partial charge in [0.2, 0.25) is 15.9 Å². The number of nitrogens with one attached hydrogen (secondary N) is 1. The second kappa shape index (κ2) is 9.93. The monoisotopic (exact) mass is 440 g/mol. The van der Waals surface area contributed by atoms with E-state index in [4.69, 9.17) is 0 Å². The third-order valence-corrected chi connectivity index (χ3v) is 7.07. The summed E-state index contributed by atoms with van der Waals surface area (Å²) in [6.45, 7) is 1.72. The average Bonchev–Trinajstić information content (AvgIpc) is 2.74. The molecule has 0 aliphatic rings. The largest absolute Gasteiger partial charge is 0.325 e. The number of aryl methyl sites for hydroxylation is 1. The number of benzene rings is 3. The Kier molecular flexibility index (Phi) is 7.31. The van der Waals surface area contributed by atoms with Crippen molar-refractivity contribution in [3.8, 4) is 0 Å². The second-order valence-electron chi connectivity index (χ2n) is 6.85. The van der Waals surface area contributed by atoms with Gasteiger partial charge in [-0.15, -0.1) is 11.8 Å². The number of amides is 1. The molecular weight excluding hydrogens is 416 g/mol. The van der Waals surface area contributed by atoms with Crippen LogP contribution < -0.4 is 5.32 Å². The first-order valence-electron chi connectivity index (χ1n) is 9.43. The van der Waals surface area contributed by atoms with Gasteiger partial charge in [-0.25, -0.2) is 8.42 Å². The van der Waals surface area contributed by atoms with Crippen molar-refractivity contribution in [1.82, 2.24) is 4.31 Å². The topological polar surface area (TPSA) is 66.5 Å². The van der Waals surface area contributed by atoms with Gasteiger partial charge in [0.1, 0.15) is 0 Å². The van der Waals surface area contributed by atoms with Crippen LogP contribution in [0.1, 0.15) is 11.1 Å². The molecule has 5 nitrogen and oxygen atoms in total. The van der Waals surface area contributed by atoms with Crippen molar-refractivity contribution in [1.29, 1.82) is 0 Å². The molecule has 0 unspecified atom stereocenters. The van der Waals surface area contributed by atoms with Crippen molar-refractivity contribution < 1.29 is 13.2 Å². The number of carbonyl (C=O) groups is 1. The summed E-state index contributed by atoms with van der Waals surface area (Å²) in [6, 6.07) is 23.3. The summed E-state index contributed by atoms with van der Waals surface area (Å²) in [5.74, 6) is -0.389. The van der Waals surface area contributed by atoms with Crippen LogP contribution in [-0.2, 0) is 21.4 Å². The van der Waals surface area contributed by atoms with Crippen LogP contribution in [-0.4, -0.2) is 31.4 Å². The smallest absolute Gasteiger partial charge is 0.243 e. The molecule has 0 aromatic heterocycles. The maximum atomic E-state index is 13.3. The fourth-order valence-corrected chi connectivity index (χ4v) is 4.78. The zero-order valence-electron chi connectivity index (χ0n) is 16.9. The van der Waals surface area contributed by atoms with Gasteiger partial charge in [0.25, 0.3) is 0 Å².